The number of ether oxygens (including phenoxy) is 6. The molecule has 0 radical (unpaired) electrons. The molecule has 2 aliphatic heterocycles. The number of esters is 5. The zero-order valence-corrected chi connectivity index (χ0v) is 27.8. The first-order valence-corrected chi connectivity index (χ1v) is 16.0. The maximum Gasteiger partial charge on any atom is 0.333 e. The highest BCUT2D eigenvalue weighted by molar-refractivity contribution is 5.88. The van der Waals surface area contributed by atoms with Gasteiger partial charge in [-0.1, -0.05) is 33.8 Å². The molecule has 11 heteroatoms. The van der Waals surface area contributed by atoms with E-state index >= 15 is 0 Å². The van der Waals surface area contributed by atoms with Crippen LogP contribution in [0.15, 0.2) is 23.3 Å². The number of carbonyl (C=O) groups is 5. The molecule has 1 saturated heterocycles. The molecule has 9 atom stereocenters. The summed E-state index contributed by atoms with van der Waals surface area (Å²) in [4.78, 5) is 63.6. The number of hydrogen-bond acceptors (Lipinski definition) is 11. The second kappa shape index (κ2) is 13.3. The standard InChI is InChI=1S/C34H48O11/c1-9-19(3)30(38)44-25-11-12-33(17-42-33)34(18-41-22(6)35)27(43-23(7)36)13-21(5)32(8,29(25)34)15-26(24-14-28(37)40-16-24)45-31(39)20(4)10-2/h9,14,20-21,25-27,29H,10-13,15-18H2,1-8H3/b19-9+/t20-,21-,25-,26+,27+,29-,32+,33+,34-/m1/s1. The third-order valence-electron chi connectivity index (χ3n) is 10.9. The Morgan fingerprint density at radius 1 is 1.13 bits per heavy atom. The number of rotatable bonds is 11. The fourth-order valence-electron chi connectivity index (χ4n) is 7.84. The fraction of sp³-hybridized carbons (Fsp3) is 0.735. The van der Waals surface area contributed by atoms with Crippen molar-refractivity contribution in [1.82, 2.24) is 0 Å². The van der Waals surface area contributed by atoms with Crippen molar-refractivity contribution in [2.24, 2.45) is 28.6 Å². The average Bonchev–Trinajstić information content (AvgIpc) is 3.64. The van der Waals surface area contributed by atoms with Gasteiger partial charge in [0.1, 0.15) is 37.1 Å². The van der Waals surface area contributed by atoms with Crippen LogP contribution in [0.25, 0.3) is 0 Å². The molecule has 0 aromatic heterocycles. The smallest absolute Gasteiger partial charge is 0.333 e. The molecule has 0 aromatic carbocycles. The van der Waals surface area contributed by atoms with Crippen molar-refractivity contribution in [3.05, 3.63) is 23.3 Å². The molecule has 3 fully saturated rings. The molecule has 4 aliphatic rings. The number of fused-ring (bicyclic) bond motifs is 2. The minimum atomic E-state index is -1.08. The molecule has 45 heavy (non-hydrogen) atoms. The molecule has 2 aliphatic carbocycles. The van der Waals surface area contributed by atoms with E-state index < -0.39 is 70.5 Å². The lowest BCUT2D eigenvalue weighted by Crippen LogP contribution is -2.71. The molecule has 2 heterocycles. The summed E-state index contributed by atoms with van der Waals surface area (Å²) in [7, 11) is 0. The molecule has 0 unspecified atom stereocenters. The van der Waals surface area contributed by atoms with Gasteiger partial charge in [-0.05, 0) is 57.3 Å². The van der Waals surface area contributed by atoms with Gasteiger partial charge in [0.2, 0.25) is 0 Å². The monoisotopic (exact) mass is 632 g/mol. The lowest BCUT2D eigenvalue weighted by molar-refractivity contribution is -0.258. The van der Waals surface area contributed by atoms with E-state index in [1.165, 1.54) is 19.9 Å². The first-order valence-electron chi connectivity index (χ1n) is 16.0. The normalized spacial score (nSPS) is 35.3. The van der Waals surface area contributed by atoms with E-state index in [2.05, 4.69) is 6.92 Å². The average molecular weight is 633 g/mol. The van der Waals surface area contributed by atoms with Gasteiger partial charge in [-0.3, -0.25) is 14.4 Å². The summed E-state index contributed by atoms with van der Waals surface area (Å²) in [5.74, 6) is -3.46. The number of carbonyl (C=O) groups excluding carboxylic acids is 5. The molecule has 1 spiro atoms. The molecule has 4 rings (SSSR count). The van der Waals surface area contributed by atoms with Crippen LogP contribution in [0.5, 0.6) is 0 Å². The van der Waals surface area contributed by atoms with Gasteiger partial charge in [0.05, 0.1) is 17.9 Å². The van der Waals surface area contributed by atoms with Crippen molar-refractivity contribution in [2.45, 2.75) is 111 Å². The molecule has 11 nitrogen and oxygen atoms in total. The SMILES string of the molecule is C/C=C(\C)C(=O)O[C@@H]1CC[C@]2(CO2)[C@]2(COC(C)=O)[C@@H](OC(C)=O)C[C@@H](C)[C@](C)(C[C@H](OC(=O)[C@H](C)CC)C3=CC(=O)OC3)[C@@H]12. The number of allylic oxidation sites excluding steroid dienone is 1. The molecular weight excluding hydrogens is 584 g/mol. The Labute approximate surface area is 265 Å². The Bertz CT molecular complexity index is 1260. The van der Waals surface area contributed by atoms with Crippen LogP contribution >= 0.6 is 0 Å². The Kier molecular flexibility index (Phi) is 10.2. The Hall–Kier alpha value is -3.21. The topological polar surface area (TPSA) is 144 Å². The van der Waals surface area contributed by atoms with E-state index in [1.807, 2.05) is 13.8 Å². The highest BCUT2D eigenvalue weighted by Gasteiger charge is 2.77. The first-order chi connectivity index (χ1) is 21.1. The van der Waals surface area contributed by atoms with Crippen molar-refractivity contribution < 1.29 is 52.4 Å². The van der Waals surface area contributed by atoms with Crippen LogP contribution in [0, 0.1) is 28.6 Å². The van der Waals surface area contributed by atoms with E-state index in [1.54, 1.807) is 26.8 Å². The Morgan fingerprint density at radius 2 is 1.82 bits per heavy atom. The van der Waals surface area contributed by atoms with Crippen LogP contribution in [0.4, 0.5) is 0 Å². The summed E-state index contributed by atoms with van der Waals surface area (Å²) >= 11 is 0. The van der Waals surface area contributed by atoms with Gasteiger partial charge in [-0.15, -0.1) is 0 Å². The second-order valence-electron chi connectivity index (χ2n) is 13.5. The number of cyclic esters (lactones) is 1. The minimum Gasteiger partial charge on any atom is -0.465 e. The predicted octanol–water partition coefficient (Wildman–Crippen LogP) is 4.40. The van der Waals surface area contributed by atoms with E-state index in [4.69, 9.17) is 28.4 Å². The third kappa shape index (κ3) is 6.55. The zero-order chi connectivity index (χ0) is 33.3. The minimum absolute atomic E-state index is 0.00692. The number of epoxide rings is 1. The van der Waals surface area contributed by atoms with Gasteiger partial charge in [0.25, 0.3) is 0 Å². The highest BCUT2D eigenvalue weighted by Crippen LogP contribution is 2.70. The lowest BCUT2D eigenvalue weighted by atomic mass is 9.42. The van der Waals surface area contributed by atoms with Gasteiger partial charge < -0.3 is 28.4 Å². The van der Waals surface area contributed by atoms with E-state index in [9.17, 15) is 24.0 Å². The van der Waals surface area contributed by atoms with Crippen LogP contribution < -0.4 is 0 Å². The molecule has 250 valence electrons. The van der Waals surface area contributed by atoms with Crippen molar-refractivity contribution in [3.63, 3.8) is 0 Å². The number of hydrogen-bond donors (Lipinski definition) is 0. The lowest BCUT2D eigenvalue weighted by Gasteiger charge is -2.64. The van der Waals surface area contributed by atoms with Crippen LogP contribution in [-0.2, 0) is 52.4 Å². The molecule has 2 saturated carbocycles. The van der Waals surface area contributed by atoms with Gasteiger partial charge in [0.15, 0.2) is 0 Å². The summed E-state index contributed by atoms with van der Waals surface area (Å²) < 4.78 is 35.7. The second-order valence-corrected chi connectivity index (χ2v) is 13.5. The van der Waals surface area contributed by atoms with Gasteiger partial charge >= 0.3 is 29.8 Å². The summed E-state index contributed by atoms with van der Waals surface area (Å²) in [5.41, 5.74) is -1.65. The summed E-state index contributed by atoms with van der Waals surface area (Å²) in [6.07, 6.45) is 3.04. The maximum atomic E-state index is 13.3. The Morgan fingerprint density at radius 3 is 2.36 bits per heavy atom. The Balaban J connectivity index is 1.90. The van der Waals surface area contributed by atoms with Crippen LogP contribution in [0.3, 0.4) is 0 Å². The van der Waals surface area contributed by atoms with Crippen molar-refractivity contribution in [1.29, 1.82) is 0 Å². The van der Waals surface area contributed by atoms with Gasteiger partial charge in [-0.25, -0.2) is 9.59 Å². The van der Waals surface area contributed by atoms with Crippen molar-refractivity contribution in [3.8, 4) is 0 Å². The molecule has 0 N–H and O–H groups in total. The van der Waals surface area contributed by atoms with E-state index in [0.717, 1.165) is 0 Å². The summed E-state index contributed by atoms with van der Waals surface area (Å²) in [6.45, 7) is 14.1. The maximum absolute atomic E-state index is 13.3. The van der Waals surface area contributed by atoms with E-state index in [0.29, 0.717) is 43.4 Å². The first kappa shape index (κ1) is 34.7. The van der Waals surface area contributed by atoms with Crippen LogP contribution in [0.1, 0.15) is 87.5 Å². The zero-order valence-electron chi connectivity index (χ0n) is 27.8. The van der Waals surface area contributed by atoms with Gasteiger partial charge in [-0.2, -0.15) is 0 Å². The fourth-order valence-corrected chi connectivity index (χ4v) is 7.84. The largest absolute Gasteiger partial charge is 0.465 e. The van der Waals surface area contributed by atoms with E-state index in [-0.39, 0.29) is 31.5 Å². The molecular formula is C34H48O11. The van der Waals surface area contributed by atoms with Crippen molar-refractivity contribution in [2.75, 3.05) is 19.8 Å². The molecule has 0 bridgehead atoms. The predicted molar refractivity (Wildman–Crippen MR) is 160 cm³/mol. The van der Waals surface area contributed by atoms with Crippen LogP contribution in [0.2, 0.25) is 0 Å². The molecule has 0 aromatic rings. The van der Waals surface area contributed by atoms with Gasteiger partial charge in [0, 0.05) is 37.0 Å². The summed E-state index contributed by atoms with van der Waals surface area (Å²) in [6, 6.07) is 0. The molecule has 0 amide bonds. The quantitative estimate of drug-likeness (QED) is 0.138. The third-order valence-corrected chi connectivity index (χ3v) is 10.9. The van der Waals surface area contributed by atoms with Crippen molar-refractivity contribution >= 4 is 29.8 Å². The highest BCUT2D eigenvalue weighted by atomic mass is 16.6. The summed E-state index contributed by atoms with van der Waals surface area (Å²) in [5, 5.41) is 0. The van der Waals surface area contributed by atoms with Crippen LogP contribution in [-0.4, -0.2) is 73.6 Å².